The van der Waals surface area contributed by atoms with E-state index < -0.39 is 6.04 Å². The number of Topliss-reactive ketones (excluding diaryl/α,β-unsaturated/α-hetero) is 1. The molecule has 0 saturated heterocycles. The summed E-state index contributed by atoms with van der Waals surface area (Å²) in [5, 5.41) is 10.7. The van der Waals surface area contributed by atoms with Crippen molar-refractivity contribution in [3.8, 4) is 5.75 Å². The molecule has 1 aliphatic carbocycles. The van der Waals surface area contributed by atoms with Crippen LogP contribution in [0.2, 0.25) is 0 Å². The largest absolute Gasteiger partial charge is 0.508 e. The summed E-state index contributed by atoms with van der Waals surface area (Å²) in [5.74, 6) is -0.308. The highest BCUT2D eigenvalue weighted by atomic mass is 32.1. The quantitative estimate of drug-likeness (QED) is 0.611. The molecule has 3 unspecified atom stereocenters. The molecule has 3 heterocycles. The first-order valence-corrected chi connectivity index (χ1v) is 11.8. The molecule has 32 heavy (non-hydrogen) atoms. The summed E-state index contributed by atoms with van der Waals surface area (Å²) in [4.78, 5) is 33.6. The van der Waals surface area contributed by atoms with Crippen LogP contribution in [0, 0.1) is 12.8 Å². The van der Waals surface area contributed by atoms with Crippen LogP contribution in [0.5, 0.6) is 5.75 Å². The maximum atomic E-state index is 13.7. The fourth-order valence-electron chi connectivity index (χ4n) is 5.18. The highest BCUT2D eigenvalue weighted by molar-refractivity contribution is 7.22. The van der Waals surface area contributed by atoms with Crippen molar-refractivity contribution >= 4 is 38.4 Å². The van der Waals surface area contributed by atoms with Gasteiger partial charge in [0.1, 0.15) is 11.9 Å². The first-order valence-electron chi connectivity index (χ1n) is 11.0. The Hall–Kier alpha value is -3.19. The number of benzene rings is 2. The average molecular weight is 447 g/mol. The van der Waals surface area contributed by atoms with Crippen LogP contribution in [0.1, 0.15) is 42.9 Å². The monoisotopic (exact) mass is 446 g/mol. The number of ether oxygens (including phenoxy) is 1. The molecule has 1 saturated carbocycles. The molecule has 1 fully saturated rings. The SMILES string of the molecule is Cc1ccc2nc(N3C(=O)C4=C(C(=O)C5CCCCC5O4)C3c3cccc(O)c3)sc2c1. The first-order chi connectivity index (χ1) is 15.5. The van der Waals surface area contributed by atoms with Gasteiger partial charge < -0.3 is 9.84 Å². The number of phenolic OH excluding ortho intramolecular Hbond substituents is 1. The summed E-state index contributed by atoms with van der Waals surface area (Å²) in [6, 6.07) is 12.1. The Bertz CT molecular complexity index is 1310. The normalized spacial score (nSPS) is 25.2. The maximum Gasteiger partial charge on any atom is 0.296 e. The maximum absolute atomic E-state index is 13.7. The van der Waals surface area contributed by atoms with E-state index in [0.717, 1.165) is 41.5 Å². The van der Waals surface area contributed by atoms with Crippen LogP contribution in [0.25, 0.3) is 10.2 Å². The molecule has 1 amide bonds. The van der Waals surface area contributed by atoms with E-state index >= 15 is 0 Å². The molecular weight excluding hydrogens is 424 g/mol. The molecule has 3 aliphatic rings. The predicted octanol–water partition coefficient (Wildman–Crippen LogP) is 4.81. The van der Waals surface area contributed by atoms with Gasteiger partial charge in [0.2, 0.25) is 0 Å². The van der Waals surface area contributed by atoms with Gasteiger partial charge in [-0.3, -0.25) is 14.5 Å². The molecule has 0 bridgehead atoms. The lowest BCUT2D eigenvalue weighted by Gasteiger charge is -2.35. The van der Waals surface area contributed by atoms with Gasteiger partial charge in [0.15, 0.2) is 16.7 Å². The van der Waals surface area contributed by atoms with Crippen LogP contribution in [0.4, 0.5) is 5.13 Å². The molecular formula is C25H22N2O4S. The van der Waals surface area contributed by atoms with Crippen LogP contribution in [0.15, 0.2) is 53.8 Å². The fraction of sp³-hybridized carbons (Fsp3) is 0.320. The second kappa shape index (κ2) is 7.17. The van der Waals surface area contributed by atoms with Crippen molar-refractivity contribution in [1.29, 1.82) is 0 Å². The number of rotatable bonds is 2. The number of hydrogen-bond donors (Lipinski definition) is 1. The second-order valence-electron chi connectivity index (χ2n) is 8.79. The van der Waals surface area contributed by atoms with E-state index in [1.165, 1.54) is 11.3 Å². The topological polar surface area (TPSA) is 79.7 Å². The number of fused-ring (bicyclic) bond motifs is 2. The van der Waals surface area contributed by atoms with Crippen molar-refractivity contribution in [1.82, 2.24) is 4.98 Å². The minimum atomic E-state index is -0.665. The molecule has 7 heteroatoms. The minimum absolute atomic E-state index is 0.00269. The van der Waals surface area contributed by atoms with E-state index in [4.69, 9.17) is 9.72 Å². The van der Waals surface area contributed by atoms with Crippen molar-refractivity contribution < 1.29 is 19.4 Å². The standard InChI is InChI=1S/C25H22N2O4S/c1-13-9-10-17-19(11-13)32-25(26-17)27-21(14-5-4-6-15(28)12-14)20-22(29)16-7-2-3-8-18(16)31-23(20)24(27)30/h4-6,9-12,16,18,21,28H,2-3,7-8H2,1H3. The zero-order valence-electron chi connectivity index (χ0n) is 17.6. The average Bonchev–Trinajstić information content (AvgIpc) is 3.32. The van der Waals surface area contributed by atoms with Gasteiger partial charge in [0, 0.05) is 0 Å². The lowest BCUT2D eigenvalue weighted by Crippen LogP contribution is -2.39. The third-order valence-electron chi connectivity index (χ3n) is 6.69. The van der Waals surface area contributed by atoms with Gasteiger partial charge in [-0.25, -0.2) is 4.98 Å². The van der Waals surface area contributed by atoms with Gasteiger partial charge in [-0.15, -0.1) is 0 Å². The van der Waals surface area contributed by atoms with Gasteiger partial charge in [-0.2, -0.15) is 0 Å². The van der Waals surface area contributed by atoms with Crippen molar-refractivity contribution in [2.45, 2.75) is 44.8 Å². The summed E-state index contributed by atoms with van der Waals surface area (Å²) < 4.78 is 7.19. The van der Waals surface area contributed by atoms with Crippen molar-refractivity contribution in [2.24, 2.45) is 5.92 Å². The molecule has 1 aromatic heterocycles. The predicted molar refractivity (Wildman–Crippen MR) is 122 cm³/mol. The van der Waals surface area contributed by atoms with E-state index in [2.05, 4.69) is 0 Å². The third-order valence-corrected chi connectivity index (χ3v) is 7.71. The number of ketones is 1. The highest BCUT2D eigenvalue weighted by Gasteiger charge is 2.53. The summed E-state index contributed by atoms with van der Waals surface area (Å²) in [6.07, 6.45) is 3.33. The number of thiazole rings is 1. The zero-order chi connectivity index (χ0) is 22.0. The zero-order valence-corrected chi connectivity index (χ0v) is 18.4. The van der Waals surface area contributed by atoms with Crippen LogP contribution in [0.3, 0.4) is 0 Å². The molecule has 3 aromatic rings. The number of phenols is 1. The number of aryl methyl sites for hydroxylation is 1. The van der Waals surface area contributed by atoms with E-state index in [0.29, 0.717) is 16.3 Å². The van der Waals surface area contributed by atoms with Crippen LogP contribution in [-0.4, -0.2) is 27.9 Å². The Morgan fingerprint density at radius 3 is 2.81 bits per heavy atom. The molecule has 0 spiro atoms. The van der Waals surface area contributed by atoms with Crippen LogP contribution < -0.4 is 4.90 Å². The van der Waals surface area contributed by atoms with Crippen LogP contribution >= 0.6 is 11.3 Å². The highest BCUT2D eigenvalue weighted by Crippen LogP contribution is 2.49. The number of nitrogens with zero attached hydrogens (tertiary/aromatic N) is 2. The Labute approximate surface area is 189 Å². The van der Waals surface area contributed by atoms with Gasteiger partial charge in [0.25, 0.3) is 5.91 Å². The lowest BCUT2D eigenvalue weighted by molar-refractivity contribution is -0.131. The lowest BCUT2D eigenvalue weighted by atomic mass is 9.77. The minimum Gasteiger partial charge on any atom is -0.508 e. The summed E-state index contributed by atoms with van der Waals surface area (Å²) in [7, 11) is 0. The van der Waals surface area contributed by atoms with Crippen molar-refractivity contribution in [3.63, 3.8) is 0 Å². The third kappa shape index (κ3) is 2.88. The van der Waals surface area contributed by atoms with Gasteiger partial charge in [-0.1, -0.05) is 36.0 Å². The molecule has 2 aliphatic heterocycles. The number of anilines is 1. The molecule has 6 rings (SSSR count). The molecule has 1 N–H and O–H groups in total. The smallest absolute Gasteiger partial charge is 0.296 e. The van der Waals surface area contributed by atoms with E-state index in [1.54, 1.807) is 23.1 Å². The first kappa shape index (κ1) is 19.5. The van der Waals surface area contributed by atoms with E-state index in [9.17, 15) is 14.7 Å². The van der Waals surface area contributed by atoms with Crippen molar-refractivity contribution in [3.05, 3.63) is 64.9 Å². The number of aromatic nitrogens is 1. The molecule has 0 radical (unpaired) electrons. The molecule has 2 aromatic carbocycles. The fourth-order valence-corrected chi connectivity index (χ4v) is 6.27. The van der Waals surface area contributed by atoms with Gasteiger partial charge >= 0.3 is 0 Å². The molecule has 3 atom stereocenters. The number of aromatic hydroxyl groups is 1. The number of carbonyl (C=O) groups is 2. The van der Waals surface area contributed by atoms with Gasteiger partial charge in [-0.05, 0) is 61.6 Å². The number of hydrogen-bond acceptors (Lipinski definition) is 6. The molecule has 6 nitrogen and oxygen atoms in total. The Balaban J connectivity index is 1.52. The molecule has 162 valence electrons. The Kier molecular flexibility index (Phi) is 4.37. The number of amides is 1. The second-order valence-corrected chi connectivity index (χ2v) is 9.80. The summed E-state index contributed by atoms with van der Waals surface area (Å²) in [6.45, 7) is 2.02. The van der Waals surface area contributed by atoms with Crippen LogP contribution in [-0.2, 0) is 14.3 Å². The Morgan fingerprint density at radius 1 is 1.12 bits per heavy atom. The van der Waals surface area contributed by atoms with Gasteiger partial charge in [0.05, 0.1) is 27.7 Å². The van der Waals surface area contributed by atoms with E-state index in [-0.39, 0.29) is 35.2 Å². The Morgan fingerprint density at radius 2 is 1.97 bits per heavy atom. The van der Waals surface area contributed by atoms with E-state index in [1.807, 2.05) is 31.2 Å². The number of carbonyl (C=O) groups excluding carboxylic acids is 2. The van der Waals surface area contributed by atoms with Crippen molar-refractivity contribution in [2.75, 3.05) is 4.90 Å². The summed E-state index contributed by atoms with van der Waals surface area (Å²) >= 11 is 1.43. The summed E-state index contributed by atoms with van der Waals surface area (Å²) in [5.41, 5.74) is 3.00.